The van der Waals surface area contributed by atoms with E-state index in [1.54, 1.807) is 0 Å². The Balaban J connectivity index is 3.43. The van der Waals surface area contributed by atoms with Crippen molar-refractivity contribution in [2.45, 2.75) is 32.2 Å². The van der Waals surface area contributed by atoms with Gasteiger partial charge in [0.1, 0.15) is 0 Å². The van der Waals surface area contributed by atoms with Gasteiger partial charge in [-0.25, -0.2) is 0 Å². The summed E-state index contributed by atoms with van der Waals surface area (Å²) in [6.45, 7) is 3.11. The van der Waals surface area contributed by atoms with Gasteiger partial charge < -0.3 is 4.90 Å². The highest BCUT2D eigenvalue weighted by Gasteiger charge is 2.06. The van der Waals surface area contributed by atoms with E-state index in [2.05, 4.69) is 24.9 Å². The number of hydrogen-bond donors (Lipinski definition) is 0. The Bertz CT molecular complexity index is 142. The molecule has 0 aromatic heterocycles. The van der Waals surface area contributed by atoms with Crippen molar-refractivity contribution >= 4 is 11.6 Å². The van der Waals surface area contributed by atoms with E-state index >= 15 is 0 Å². The van der Waals surface area contributed by atoms with E-state index in [1.165, 1.54) is 0 Å². The molecule has 0 saturated heterocycles. The number of nitrogens with zero attached hydrogens (tertiary/aromatic N) is 2. The molecule has 0 amide bonds. The van der Waals surface area contributed by atoms with Crippen molar-refractivity contribution in [1.29, 1.82) is 5.26 Å². The van der Waals surface area contributed by atoms with Crippen LogP contribution >= 0.6 is 11.6 Å². The molecule has 0 aliphatic heterocycles. The highest BCUT2D eigenvalue weighted by Crippen LogP contribution is 2.02. The van der Waals surface area contributed by atoms with Crippen molar-refractivity contribution in [2.24, 2.45) is 0 Å². The van der Waals surface area contributed by atoms with Gasteiger partial charge in [0.15, 0.2) is 0 Å². The summed E-state index contributed by atoms with van der Waals surface area (Å²) in [5.74, 6) is 0.737. The zero-order chi connectivity index (χ0) is 9.40. The minimum Gasteiger partial charge on any atom is -0.303 e. The highest BCUT2D eigenvalue weighted by molar-refractivity contribution is 6.17. The summed E-state index contributed by atoms with van der Waals surface area (Å²) in [4.78, 5) is 2.20. The Kier molecular flexibility index (Phi) is 7.23. The van der Waals surface area contributed by atoms with Gasteiger partial charge in [0.2, 0.25) is 0 Å². The number of rotatable bonds is 6. The van der Waals surface area contributed by atoms with Gasteiger partial charge in [0.05, 0.1) is 12.5 Å². The van der Waals surface area contributed by atoms with Crippen LogP contribution < -0.4 is 0 Å². The maximum atomic E-state index is 8.46. The Labute approximate surface area is 80.1 Å². The zero-order valence-corrected chi connectivity index (χ0v) is 8.64. The molecule has 0 aliphatic carbocycles. The van der Waals surface area contributed by atoms with E-state index < -0.39 is 0 Å². The van der Waals surface area contributed by atoms with Crippen molar-refractivity contribution in [1.82, 2.24) is 4.90 Å². The molecule has 0 aromatic rings. The van der Waals surface area contributed by atoms with Gasteiger partial charge >= 0.3 is 0 Å². The minimum atomic E-state index is 0.366. The maximum absolute atomic E-state index is 8.46. The molecular weight excluding hydrogens is 172 g/mol. The van der Waals surface area contributed by atoms with Crippen LogP contribution in [0, 0.1) is 11.3 Å². The standard InChI is InChI=1S/C9H17ClN2/c1-9(5-7-11)12(2)8-4-3-6-10/h9H,3-6,8H2,1-2H3. The zero-order valence-electron chi connectivity index (χ0n) is 7.89. The van der Waals surface area contributed by atoms with Gasteiger partial charge in [-0.05, 0) is 33.4 Å². The molecule has 0 N–H and O–H groups in total. The van der Waals surface area contributed by atoms with Crippen molar-refractivity contribution in [3.8, 4) is 6.07 Å². The van der Waals surface area contributed by atoms with Crippen molar-refractivity contribution in [3.63, 3.8) is 0 Å². The molecule has 0 radical (unpaired) electrons. The second-order valence-electron chi connectivity index (χ2n) is 3.09. The van der Waals surface area contributed by atoms with E-state index in [0.717, 1.165) is 25.3 Å². The summed E-state index contributed by atoms with van der Waals surface area (Å²) in [7, 11) is 2.05. The Morgan fingerprint density at radius 1 is 1.50 bits per heavy atom. The van der Waals surface area contributed by atoms with Crippen molar-refractivity contribution in [3.05, 3.63) is 0 Å². The molecule has 0 aromatic carbocycles. The number of nitriles is 1. The van der Waals surface area contributed by atoms with Gasteiger partial charge in [-0.3, -0.25) is 0 Å². The predicted octanol–water partition coefficient (Wildman–Crippen LogP) is 2.24. The van der Waals surface area contributed by atoms with Crippen LogP contribution in [0.25, 0.3) is 0 Å². The van der Waals surface area contributed by atoms with E-state index in [0.29, 0.717) is 12.5 Å². The third-order valence-electron chi connectivity index (χ3n) is 2.03. The number of hydrogen-bond acceptors (Lipinski definition) is 2. The Hall–Kier alpha value is -0.260. The average molecular weight is 189 g/mol. The van der Waals surface area contributed by atoms with Crippen LogP contribution in [0.5, 0.6) is 0 Å². The third kappa shape index (κ3) is 5.40. The third-order valence-corrected chi connectivity index (χ3v) is 2.30. The monoisotopic (exact) mass is 188 g/mol. The number of alkyl halides is 1. The second kappa shape index (κ2) is 7.39. The Morgan fingerprint density at radius 3 is 2.67 bits per heavy atom. The van der Waals surface area contributed by atoms with Gasteiger partial charge in [0.25, 0.3) is 0 Å². The first-order valence-electron chi connectivity index (χ1n) is 4.35. The van der Waals surface area contributed by atoms with Crippen LogP contribution in [0.1, 0.15) is 26.2 Å². The molecule has 12 heavy (non-hydrogen) atoms. The summed E-state index contributed by atoms with van der Waals surface area (Å²) in [6.07, 6.45) is 2.79. The molecular formula is C9H17ClN2. The van der Waals surface area contributed by atoms with Gasteiger partial charge in [-0.2, -0.15) is 5.26 Å². The first-order valence-corrected chi connectivity index (χ1v) is 4.89. The lowest BCUT2D eigenvalue weighted by Gasteiger charge is -2.21. The molecule has 70 valence electrons. The van der Waals surface area contributed by atoms with Crippen LogP contribution in [0.3, 0.4) is 0 Å². The topological polar surface area (TPSA) is 27.0 Å². The molecule has 0 aliphatic rings. The maximum Gasteiger partial charge on any atom is 0.0638 e. The Morgan fingerprint density at radius 2 is 2.17 bits per heavy atom. The summed E-state index contributed by atoms with van der Waals surface area (Å²) in [5, 5.41) is 8.46. The lowest BCUT2D eigenvalue weighted by molar-refractivity contribution is 0.257. The summed E-state index contributed by atoms with van der Waals surface area (Å²) in [5.41, 5.74) is 0. The summed E-state index contributed by atoms with van der Waals surface area (Å²) < 4.78 is 0. The summed E-state index contributed by atoms with van der Waals surface area (Å²) in [6, 6.07) is 2.54. The van der Waals surface area contributed by atoms with Crippen molar-refractivity contribution < 1.29 is 0 Å². The van der Waals surface area contributed by atoms with Crippen LogP contribution in [-0.2, 0) is 0 Å². The molecule has 0 fully saturated rings. The van der Waals surface area contributed by atoms with E-state index in [-0.39, 0.29) is 0 Å². The number of unbranched alkanes of at least 4 members (excludes halogenated alkanes) is 1. The first-order chi connectivity index (χ1) is 5.72. The molecule has 2 nitrogen and oxygen atoms in total. The van der Waals surface area contributed by atoms with E-state index in [4.69, 9.17) is 16.9 Å². The largest absolute Gasteiger partial charge is 0.303 e. The summed E-state index contributed by atoms with van der Waals surface area (Å²) >= 11 is 5.55. The van der Waals surface area contributed by atoms with Gasteiger partial charge in [-0.1, -0.05) is 0 Å². The molecule has 0 bridgehead atoms. The molecule has 1 unspecified atom stereocenters. The van der Waals surface area contributed by atoms with Crippen LogP contribution in [-0.4, -0.2) is 30.4 Å². The molecule has 3 heteroatoms. The van der Waals surface area contributed by atoms with E-state index in [9.17, 15) is 0 Å². The van der Waals surface area contributed by atoms with Gasteiger partial charge in [0, 0.05) is 11.9 Å². The molecule has 0 spiro atoms. The van der Waals surface area contributed by atoms with Crippen LogP contribution in [0.4, 0.5) is 0 Å². The first kappa shape index (κ1) is 11.7. The molecule has 0 saturated carbocycles. The smallest absolute Gasteiger partial charge is 0.0638 e. The fourth-order valence-electron chi connectivity index (χ4n) is 0.964. The molecule has 1 atom stereocenters. The SMILES string of the molecule is CC(CC#N)N(C)CCCCCl. The number of halogens is 1. The normalized spacial score (nSPS) is 12.9. The lowest BCUT2D eigenvalue weighted by atomic mass is 10.2. The minimum absolute atomic E-state index is 0.366. The fraction of sp³-hybridized carbons (Fsp3) is 0.889. The lowest BCUT2D eigenvalue weighted by Crippen LogP contribution is -2.29. The van der Waals surface area contributed by atoms with E-state index in [1.807, 2.05) is 0 Å². The fourth-order valence-corrected chi connectivity index (χ4v) is 1.15. The van der Waals surface area contributed by atoms with Crippen molar-refractivity contribution in [2.75, 3.05) is 19.5 Å². The molecule has 0 rings (SSSR count). The molecule has 0 heterocycles. The average Bonchev–Trinajstić information content (AvgIpc) is 2.05. The van der Waals surface area contributed by atoms with Crippen LogP contribution in [0.2, 0.25) is 0 Å². The highest BCUT2D eigenvalue weighted by atomic mass is 35.5. The predicted molar refractivity (Wildman–Crippen MR) is 52.3 cm³/mol. The quantitative estimate of drug-likeness (QED) is 0.472. The second-order valence-corrected chi connectivity index (χ2v) is 3.47. The van der Waals surface area contributed by atoms with Crippen LogP contribution in [0.15, 0.2) is 0 Å². The van der Waals surface area contributed by atoms with Gasteiger partial charge in [-0.15, -0.1) is 11.6 Å².